The van der Waals surface area contributed by atoms with Crippen LogP contribution in [0.1, 0.15) is 25.3 Å². The molecule has 2 heterocycles. The van der Waals surface area contributed by atoms with Crippen molar-refractivity contribution in [3.63, 3.8) is 0 Å². The number of aromatic nitrogens is 1. The molecule has 2 rings (SSSR count). The summed E-state index contributed by atoms with van der Waals surface area (Å²) in [4.78, 5) is 18.1. The van der Waals surface area contributed by atoms with Crippen molar-refractivity contribution in [1.82, 2.24) is 20.5 Å². The minimum atomic E-state index is -0.0974. The average Bonchev–Trinajstić information content (AvgIpc) is 2.91. The van der Waals surface area contributed by atoms with Gasteiger partial charge in [-0.25, -0.2) is 4.79 Å². The fourth-order valence-corrected chi connectivity index (χ4v) is 2.50. The van der Waals surface area contributed by atoms with Crippen LogP contribution in [0.25, 0.3) is 0 Å². The van der Waals surface area contributed by atoms with Gasteiger partial charge in [-0.1, -0.05) is 6.92 Å². The van der Waals surface area contributed by atoms with Crippen LogP contribution in [0.15, 0.2) is 24.5 Å². The summed E-state index contributed by atoms with van der Waals surface area (Å²) in [6.45, 7) is 5.65. The minimum Gasteiger partial charge on any atom is -0.337 e. The molecule has 1 aliphatic heterocycles. The average molecular weight is 262 g/mol. The lowest BCUT2D eigenvalue weighted by atomic mass is 10.2. The molecule has 2 amide bonds. The zero-order valence-electron chi connectivity index (χ0n) is 11.4. The highest BCUT2D eigenvalue weighted by atomic mass is 16.2. The normalized spacial score (nSPS) is 19.3. The molecule has 1 unspecified atom stereocenters. The number of nitrogens with one attached hydrogen (secondary N) is 2. The number of pyridine rings is 1. The fourth-order valence-electron chi connectivity index (χ4n) is 2.50. The smallest absolute Gasteiger partial charge is 0.315 e. The van der Waals surface area contributed by atoms with Gasteiger partial charge in [0.1, 0.15) is 0 Å². The molecule has 1 aromatic heterocycles. The molecule has 5 nitrogen and oxygen atoms in total. The van der Waals surface area contributed by atoms with Crippen LogP contribution in [0.3, 0.4) is 0 Å². The Hall–Kier alpha value is -1.62. The van der Waals surface area contributed by atoms with Crippen molar-refractivity contribution in [2.45, 2.75) is 32.4 Å². The van der Waals surface area contributed by atoms with Gasteiger partial charge in [0.15, 0.2) is 0 Å². The molecule has 1 aromatic rings. The van der Waals surface area contributed by atoms with Crippen LogP contribution in [0.4, 0.5) is 4.79 Å². The van der Waals surface area contributed by atoms with E-state index in [2.05, 4.69) is 27.4 Å². The maximum atomic E-state index is 11.7. The predicted molar refractivity (Wildman–Crippen MR) is 74.7 cm³/mol. The van der Waals surface area contributed by atoms with Crippen molar-refractivity contribution in [2.75, 3.05) is 19.6 Å². The maximum Gasteiger partial charge on any atom is 0.315 e. The molecule has 1 aliphatic rings. The standard InChI is InChI=1S/C14H22N4O/c1-2-18-9-3-4-13(18)11-17-14(19)16-10-12-5-7-15-8-6-12/h5-8,13H,2-4,9-11H2,1H3,(H2,16,17,19). The molecule has 0 spiro atoms. The topological polar surface area (TPSA) is 57.3 Å². The van der Waals surface area contributed by atoms with Gasteiger partial charge in [-0.05, 0) is 43.6 Å². The number of hydrogen-bond donors (Lipinski definition) is 2. The lowest BCUT2D eigenvalue weighted by Gasteiger charge is -2.22. The van der Waals surface area contributed by atoms with Crippen molar-refractivity contribution in [2.24, 2.45) is 0 Å². The van der Waals surface area contributed by atoms with Crippen molar-refractivity contribution in [3.8, 4) is 0 Å². The second-order valence-electron chi connectivity index (χ2n) is 4.84. The molecule has 19 heavy (non-hydrogen) atoms. The Morgan fingerprint density at radius 2 is 2.21 bits per heavy atom. The van der Waals surface area contributed by atoms with Crippen LogP contribution in [-0.4, -0.2) is 41.6 Å². The Morgan fingerprint density at radius 3 is 2.95 bits per heavy atom. The summed E-state index contributed by atoms with van der Waals surface area (Å²) in [5.74, 6) is 0. The van der Waals surface area contributed by atoms with E-state index in [1.165, 1.54) is 12.8 Å². The first kappa shape index (κ1) is 13.8. The first-order valence-corrected chi connectivity index (χ1v) is 6.94. The van der Waals surface area contributed by atoms with Gasteiger partial charge in [0.2, 0.25) is 0 Å². The van der Waals surface area contributed by atoms with Gasteiger partial charge < -0.3 is 10.6 Å². The molecule has 0 aromatic carbocycles. The number of likely N-dealkylation sites (tertiary alicyclic amines) is 1. The second kappa shape index (κ2) is 7.09. The number of nitrogens with zero attached hydrogens (tertiary/aromatic N) is 2. The number of carbonyl (C=O) groups is 1. The zero-order valence-corrected chi connectivity index (χ0v) is 11.4. The van der Waals surface area contributed by atoms with E-state index in [4.69, 9.17) is 0 Å². The van der Waals surface area contributed by atoms with Gasteiger partial charge >= 0.3 is 6.03 Å². The zero-order chi connectivity index (χ0) is 13.5. The van der Waals surface area contributed by atoms with Crippen LogP contribution in [-0.2, 0) is 6.54 Å². The first-order valence-electron chi connectivity index (χ1n) is 6.94. The van der Waals surface area contributed by atoms with Crippen LogP contribution in [0, 0.1) is 0 Å². The molecule has 5 heteroatoms. The summed E-state index contributed by atoms with van der Waals surface area (Å²) in [7, 11) is 0. The molecular formula is C14H22N4O. The summed E-state index contributed by atoms with van der Waals surface area (Å²) >= 11 is 0. The molecule has 1 fully saturated rings. The summed E-state index contributed by atoms with van der Waals surface area (Å²) < 4.78 is 0. The summed E-state index contributed by atoms with van der Waals surface area (Å²) in [5, 5.41) is 5.81. The molecule has 2 N–H and O–H groups in total. The monoisotopic (exact) mass is 262 g/mol. The molecule has 104 valence electrons. The van der Waals surface area contributed by atoms with Crippen LogP contribution in [0.2, 0.25) is 0 Å². The Balaban J connectivity index is 1.67. The largest absolute Gasteiger partial charge is 0.337 e. The van der Waals surface area contributed by atoms with Gasteiger partial charge in [0.05, 0.1) is 0 Å². The van der Waals surface area contributed by atoms with E-state index in [1.807, 2.05) is 12.1 Å². The van der Waals surface area contributed by atoms with E-state index >= 15 is 0 Å². The first-order chi connectivity index (χ1) is 9.29. The maximum absolute atomic E-state index is 11.7. The number of carbonyl (C=O) groups excluding carboxylic acids is 1. The van der Waals surface area contributed by atoms with E-state index < -0.39 is 0 Å². The van der Waals surface area contributed by atoms with Crippen LogP contribution >= 0.6 is 0 Å². The Bertz CT molecular complexity index is 396. The second-order valence-corrected chi connectivity index (χ2v) is 4.84. The lowest BCUT2D eigenvalue weighted by Crippen LogP contribution is -2.43. The molecule has 0 aliphatic carbocycles. The van der Waals surface area contributed by atoms with Crippen molar-refractivity contribution in [1.29, 1.82) is 0 Å². The van der Waals surface area contributed by atoms with Gasteiger partial charge in [-0.15, -0.1) is 0 Å². The summed E-state index contributed by atoms with van der Waals surface area (Å²) in [5.41, 5.74) is 1.06. The molecular weight excluding hydrogens is 240 g/mol. The molecule has 1 atom stereocenters. The Labute approximate surface area is 114 Å². The van der Waals surface area contributed by atoms with Gasteiger partial charge in [0.25, 0.3) is 0 Å². The predicted octanol–water partition coefficient (Wildman–Crippen LogP) is 1.37. The van der Waals surface area contributed by atoms with Gasteiger partial charge in [0, 0.05) is 31.5 Å². The molecule has 1 saturated heterocycles. The number of urea groups is 1. The van der Waals surface area contributed by atoms with E-state index in [9.17, 15) is 4.79 Å². The van der Waals surface area contributed by atoms with Gasteiger partial charge in [-0.3, -0.25) is 9.88 Å². The SMILES string of the molecule is CCN1CCCC1CNC(=O)NCc1ccncc1. The Kier molecular flexibility index (Phi) is 5.15. The number of hydrogen-bond acceptors (Lipinski definition) is 3. The third-order valence-corrected chi connectivity index (χ3v) is 3.61. The van der Waals surface area contributed by atoms with Crippen molar-refractivity contribution >= 4 is 6.03 Å². The molecule has 0 radical (unpaired) electrons. The molecule has 0 saturated carbocycles. The summed E-state index contributed by atoms with van der Waals surface area (Å²) in [6, 6.07) is 4.20. The molecule has 0 bridgehead atoms. The van der Waals surface area contributed by atoms with E-state index in [0.717, 1.165) is 25.2 Å². The lowest BCUT2D eigenvalue weighted by molar-refractivity contribution is 0.228. The van der Waals surface area contributed by atoms with E-state index in [-0.39, 0.29) is 6.03 Å². The summed E-state index contributed by atoms with van der Waals surface area (Å²) in [6.07, 6.45) is 5.87. The highest BCUT2D eigenvalue weighted by Crippen LogP contribution is 2.15. The fraction of sp³-hybridized carbons (Fsp3) is 0.571. The third kappa shape index (κ3) is 4.21. The van der Waals surface area contributed by atoms with Crippen molar-refractivity contribution < 1.29 is 4.79 Å². The highest BCUT2D eigenvalue weighted by molar-refractivity contribution is 5.73. The van der Waals surface area contributed by atoms with Crippen LogP contribution in [0.5, 0.6) is 0 Å². The van der Waals surface area contributed by atoms with Crippen molar-refractivity contribution in [3.05, 3.63) is 30.1 Å². The Morgan fingerprint density at radius 1 is 1.42 bits per heavy atom. The highest BCUT2D eigenvalue weighted by Gasteiger charge is 2.22. The number of rotatable bonds is 5. The van der Waals surface area contributed by atoms with Gasteiger partial charge in [-0.2, -0.15) is 0 Å². The third-order valence-electron chi connectivity index (χ3n) is 3.61. The van der Waals surface area contributed by atoms with E-state index in [1.54, 1.807) is 12.4 Å². The number of likely N-dealkylation sites (N-methyl/N-ethyl adjacent to an activating group) is 1. The van der Waals surface area contributed by atoms with Crippen LogP contribution < -0.4 is 10.6 Å². The minimum absolute atomic E-state index is 0.0974. The van der Waals surface area contributed by atoms with E-state index in [0.29, 0.717) is 12.6 Å². The number of amides is 2. The quantitative estimate of drug-likeness (QED) is 0.842.